The van der Waals surface area contributed by atoms with Crippen molar-refractivity contribution in [2.75, 3.05) is 32.7 Å². The van der Waals surface area contributed by atoms with E-state index in [0.717, 1.165) is 11.4 Å². The molecular formula is C40H46F3N3O8S2. The van der Waals surface area contributed by atoms with Crippen molar-refractivity contribution in [3.05, 3.63) is 118 Å². The number of sulfonamides is 1. The maximum atomic E-state index is 15.0. The molecule has 0 spiro atoms. The first-order valence-electron chi connectivity index (χ1n) is 17.6. The summed E-state index contributed by atoms with van der Waals surface area (Å²) in [6.07, 6.45) is -7.42. The minimum absolute atomic E-state index is 0.0884. The summed E-state index contributed by atoms with van der Waals surface area (Å²) in [5.41, 5.74) is 1.05. The predicted molar refractivity (Wildman–Crippen MR) is 207 cm³/mol. The topological polar surface area (TPSA) is 151 Å². The first-order chi connectivity index (χ1) is 26.4. The van der Waals surface area contributed by atoms with Gasteiger partial charge in [-0.05, 0) is 59.4 Å². The number of thiophene rings is 1. The normalized spacial score (nSPS) is 13.8. The Morgan fingerprint density at radius 3 is 1.82 bits per heavy atom. The van der Waals surface area contributed by atoms with Crippen molar-refractivity contribution in [2.24, 2.45) is 5.41 Å². The monoisotopic (exact) mass is 817 g/mol. The Labute approximate surface area is 328 Å². The van der Waals surface area contributed by atoms with E-state index in [4.69, 9.17) is 4.74 Å². The van der Waals surface area contributed by atoms with Gasteiger partial charge in [0.25, 0.3) is 0 Å². The fourth-order valence-electron chi connectivity index (χ4n) is 6.10. The van der Waals surface area contributed by atoms with Crippen LogP contribution in [0.3, 0.4) is 0 Å². The third kappa shape index (κ3) is 11.4. The zero-order chi connectivity index (χ0) is 41.3. The summed E-state index contributed by atoms with van der Waals surface area (Å²) < 4.78 is 83.8. The number of ketones is 1. The molecule has 4 aromatic rings. The lowest BCUT2D eigenvalue weighted by Crippen LogP contribution is -2.46. The molecule has 0 bridgehead atoms. The number of alkyl carbamates (subject to hydrolysis) is 1. The van der Waals surface area contributed by atoms with Crippen molar-refractivity contribution < 1.29 is 50.6 Å². The van der Waals surface area contributed by atoms with Crippen molar-refractivity contribution in [1.29, 1.82) is 0 Å². The third-order valence-corrected chi connectivity index (χ3v) is 12.3. The van der Waals surface area contributed by atoms with Gasteiger partial charge < -0.3 is 19.9 Å². The number of nitrogens with zero attached hydrogens (tertiary/aromatic N) is 1. The average Bonchev–Trinajstić information content (AvgIpc) is 3.64. The number of nitrogens with one attached hydrogen (secondary N) is 2. The molecule has 0 saturated heterocycles. The number of hydrogen-bond donors (Lipinski definition) is 3. The highest BCUT2D eigenvalue weighted by molar-refractivity contribution is 7.89. The molecule has 3 N–H and O–H groups in total. The van der Waals surface area contributed by atoms with E-state index in [9.17, 15) is 27.9 Å². The molecule has 0 unspecified atom stereocenters. The van der Waals surface area contributed by atoms with Crippen molar-refractivity contribution >= 4 is 45.0 Å². The van der Waals surface area contributed by atoms with Crippen molar-refractivity contribution in [3.63, 3.8) is 0 Å². The summed E-state index contributed by atoms with van der Waals surface area (Å²) in [5.74, 6) is -4.12. The second-order valence-electron chi connectivity index (χ2n) is 14.2. The van der Waals surface area contributed by atoms with E-state index in [2.05, 4.69) is 15.4 Å². The Morgan fingerprint density at radius 2 is 1.34 bits per heavy atom. The Kier molecular flexibility index (Phi) is 14.8. The number of hydrogen-bond acceptors (Lipinski definition) is 9. The number of ether oxygens (including phenoxy) is 2. The van der Waals surface area contributed by atoms with E-state index >= 15 is 13.2 Å². The lowest BCUT2D eigenvalue weighted by atomic mass is 9.81. The zero-order valence-electron chi connectivity index (χ0n) is 31.6. The second kappa shape index (κ2) is 18.9. The van der Waals surface area contributed by atoms with Crippen LogP contribution in [0.4, 0.5) is 28.4 Å². The number of amides is 2. The molecule has 1 heterocycles. The van der Waals surface area contributed by atoms with Crippen molar-refractivity contribution in [1.82, 2.24) is 9.62 Å². The number of methoxy groups -OCH3 is 2. The fraction of sp³-hybridized carbons (Fsp3) is 0.375. The number of Topliss-reactive ketones (excluding diaryl/α,β-unsaturated/α-hetero) is 1. The number of aliphatic hydroxyl groups is 1. The molecule has 0 saturated carbocycles. The van der Waals surface area contributed by atoms with Gasteiger partial charge in [0.1, 0.15) is 6.04 Å². The second-order valence-corrected chi connectivity index (χ2v) is 17.2. The highest BCUT2D eigenvalue weighted by Gasteiger charge is 2.46. The van der Waals surface area contributed by atoms with Gasteiger partial charge in [0.05, 0.1) is 37.7 Å². The summed E-state index contributed by atoms with van der Waals surface area (Å²) in [6, 6.07) is 22.2. The molecule has 4 rings (SSSR count). The summed E-state index contributed by atoms with van der Waals surface area (Å²) in [7, 11) is -2.11. The number of rotatable bonds is 16. The molecule has 302 valence electrons. The first kappa shape index (κ1) is 44.0. The molecule has 2 amide bonds. The van der Waals surface area contributed by atoms with Gasteiger partial charge in [-0.1, -0.05) is 81.4 Å². The van der Waals surface area contributed by atoms with E-state index in [1.807, 2.05) is 20.8 Å². The van der Waals surface area contributed by atoms with Crippen LogP contribution >= 0.6 is 11.3 Å². The van der Waals surface area contributed by atoms with Crippen LogP contribution in [-0.2, 0) is 24.3 Å². The van der Waals surface area contributed by atoms with Crippen LogP contribution in [0.2, 0.25) is 0 Å². The Balaban J connectivity index is 1.73. The van der Waals surface area contributed by atoms with Crippen LogP contribution in [0.15, 0.2) is 102 Å². The van der Waals surface area contributed by atoms with Crippen LogP contribution in [0.1, 0.15) is 72.4 Å². The van der Waals surface area contributed by atoms with Crippen LogP contribution in [0, 0.1) is 5.41 Å². The molecule has 3 atom stereocenters. The highest BCUT2D eigenvalue weighted by atomic mass is 32.2. The zero-order valence-corrected chi connectivity index (χ0v) is 33.2. The molecular weight excluding hydrogens is 772 g/mol. The molecule has 0 aliphatic rings. The number of anilines is 1. The lowest BCUT2D eigenvalue weighted by molar-refractivity contribution is -0.156. The largest absolute Gasteiger partial charge is 0.453 e. The Hall–Kier alpha value is -4.77. The Bertz CT molecular complexity index is 1980. The van der Waals surface area contributed by atoms with E-state index in [1.54, 1.807) is 60.7 Å². The minimum Gasteiger partial charge on any atom is -0.453 e. The summed E-state index contributed by atoms with van der Waals surface area (Å²) in [5, 5.41) is 15.6. The van der Waals surface area contributed by atoms with Crippen LogP contribution in [0.25, 0.3) is 0 Å². The summed E-state index contributed by atoms with van der Waals surface area (Å²) in [4.78, 5) is 38.1. The first-order valence-corrected chi connectivity index (χ1v) is 19.9. The standard InChI is InChI=1S/C40H46F3N3O8S2/c1-39(2,3)22-23-46(56(51,52)29-18-16-28(17-19-29)44-37(49)53-4)31(25-47)34-21-20-33(55-34)30(40(41,42)43)24-32(48)36(45-38(50)54-5)35(26-12-8-6-9-13-26)27-14-10-7-11-15-27/h6-21,30-31,35-36,47H,22-25H2,1-5H3,(H,44,49)(H,45,50)/t30-,31-,36-/m1/s1. The predicted octanol–water partition coefficient (Wildman–Crippen LogP) is 8.25. The van der Waals surface area contributed by atoms with Gasteiger partial charge in [-0.15, -0.1) is 11.3 Å². The smallest absolute Gasteiger partial charge is 0.411 e. The van der Waals surface area contributed by atoms with Gasteiger partial charge in [0, 0.05) is 34.3 Å². The van der Waals surface area contributed by atoms with E-state index in [-0.39, 0.29) is 32.3 Å². The van der Waals surface area contributed by atoms with Crippen LogP contribution < -0.4 is 10.6 Å². The highest BCUT2D eigenvalue weighted by Crippen LogP contribution is 2.44. The van der Waals surface area contributed by atoms with Gasteiger partial charge >= 0.3 is 18.4 Å². The van der Waals surface area contributed by atoms with Crippen LogP contribution in [-0.4, -0.2) is 75.4 Å². The molecule has 56 heavy (non-hydrogen) atoms. The molecule has 0 aliphatic carbocycles. The van der Waals surface area contributed by atoms with E-state index < -0.39 is 71.1 Å². The molecule has 1 aromatic heterocycles. The maximum absolute atomic E-state index is 15.0. The lowest BCUT2D eigenvalue weighted by Gasteiger charge is -2.32. The van der Waals surface area contributed by atoms with Gasteiger partial charge in [0.15, 0.2) is 5.78 Å². The maximum Gasteiger partial charge on any atom is 0.411 e. The average molecular weight is 818 g/mol. The van der Waals surface area contributed by atoms with Gasteiger partial charge in [-0.2, -0.15) is 17.5 Å². The number of carbonyl (C=O) groups is 3. The van der Waals surface area contributed by atoms with Crippen LogP contribution in [0.5, 0.6) is 0 Å². The number of aliphatic hydroxyl groups excluding tert-OH is 1. The fourth-order valence-corrected chi connectivity index (χ4v) is 9.01. The number of carbonyl (C=O) groups excluding carboxylic acids is 3. The molecule has 0 aliphatic heterocycles. The SMILES string of the molecule is COC(=O)Nc1ccc(S(=O)(=O)N(CCC(C)(C)C)[C@H](CO)c2ccc([C@@H](CC(=O)[C@@H](NC(=O)OC)C(c3ccccc3)c3ccccc3)C(F)(F)F)s2)cc1. The molecule has 16 heteroatoms. The third-order valence-electron chi connectivity index (χ3n) is 9.07. The van der Waals surface area contributed by atoms with Gasteiger partial charge in [-0.3, -0.25) is 10.1 Å². The number of halogens is 3. The molecule has 0 radical (unpaired) electrons. The molecule has 11 nitrogen and oxygen atoms in total. The summed E-state index contributed by atoms with van der Waals surface area (Å²) in [6.45, 7) is 4.85. The molecule has 0 fully saturated rings. The molecule has 3 aromatic carbocycles. The van der Waals surface area contributed by atoms with Gasteiger partial charge in [0.2, 0.25) is 10.0 Å². The van der Waals surface area contributed by atoms with E-state index in [0.29, 0.717) is 28.9 Å². The number of alkyl halides is 3. The number of benzene rings is 3. The van der Waals surface area contributed by atoms with Crippen molar-refractivity contribution in [2.45, 2.75) is 68.6 Å². The quantitative estimate of drug-likeness (QED) is 0.102. The van der Waals surface area contributed by atoms with Gasteiger partial charge in [-0.25, -0.2) is 18.0 Å². The minimum atomic E-state index is -4.94. The van der Waals surface area contributed by atoms with E-state index in [1.165, 1.54) is 43.5 Å². The Morgan fingerprint density at radius 1 is 0.804 bits per heavy atom. The summed E-state index contributed by atoms with van der Waals surface area (Å²) >= 11 is 0.647. The van der Waals surface area contributed by atoms with Crippen molar-refractivity contribution in [3.8, 4) is 0 Å².